The fourth-order valence-corrected chi connectivity index (χ4v) is 13.6. The minimum Gasteiger partial charge on any atom is -0.497 e. The number of ether oxygens (including phenoxy) is 1. The lowest BCUT2D eigenvalue weighted by Crippen LogP contribution is -2.51. The molecule has 1 aromatic carbocycles. The summed E-state index contributed by atoms with van der Waals surface area (Å²) >= 11 is 0. The van der Waals surface area contributed by atoms with Crippen LogP contribution in [0.1, 0.15) is 5.56 Å². The summed E-state index contributed by atoms with van der Waals surface area (Å²) < 4.78 is 18.1. The van der Waals surface area contributed by atoms with Crippen LogP contribution in [0.25, 0.3) is 6.08 Å². The first-order valence-electron chi connectivity index (χ1n) is 7.66. The van der Waals surface area contributed by atoms with E-state index in [1.165, 1.54) is 0 Å². The van der Waals surface area contributed by atoms with Gasteiger partial charge in [-0.2, -0.15) is 0 Å². The van der Waals surface area contributed by atoms with Gasteiger partial charge in [0.05, 0.1) is 7.11 Å². The molecular formula is C16H30O3Si3. The van der Waals surface area contributed by atoms with Crippen LogP contribution in [0, 0.1) is 0 Å². The zero-order chi connectivity index (χ0) is 17.0. The maximum atomic E-state index is 6.45. The van der Waals surface area contributed by atoms with Crippen LogP contribution in [0.3, 0.4) is 0 Å². The Morgan fingerprint density at radius 3 is 1.59 bits per heavy atom. The summed E-state index contributed by atoms with van der Waals surface area (Å²) in [6.45, 7) is 15.4. The Morgan fingerprint density at radius 2 is 1.23 bits per heavy atom. The van der Waals surface area contributed by atoms with Gasteiger partial charge in [0, 0.05) is 0 Å². The van der Waals surface area contributed by atoms with Gasteiger partial charge in [-0.05, 0) is 69.2 Å². The Labute approximate surface area is 138 Å². The highest BCUT2D eigenvalue weighted by molar-refractivity contribution is 6.90. The van der Waals surface area contributed by atoms with Crippen LogP contribution in [0.4, 0.5) is 0 Å². The van der Waals surface area contributed by atoms with Crippen molar-refractivity contribution in [3.63, 3.8) is 0 Å². The lowest BCUT2D eigenvalue weighted by atomic mass is 10.2. The average molecular weight is 355 g/mol. The van der Waals surface area contributed by atoms with Crippen LogP contribution in [0.15, 0.2) is 30.0 Å². The third-order valence-corrected chi connectivity index (χ3v) is 11.6. The van der Waals surface area contributed by atoms with E-state index in [-0.39, 0.29) is 0 Å². The van der Waals surface area contributed by atoms with E-state index in [4.69, 9.17) is 13.0 Å². The fraction of sp³-hybridized carbons (Fsp3) is 0.500. The third-order valence-electron chi connectivity index (χ3n) is 2.71. The van der Waals surface area contributed by atoms with Gasteiger partial charge in [-0.3, -0.25) is 0 Å². The third kappa shape index (κ3) is 7.55. The van der Waals surface area contributed by atoms with Crippen molar-refractivity contribution in [2.24, 2.45) is 0 Å². The molecule has 0 amide bonds. The molecule has 0 radical (unpaired) electrons. The van der Waals surface area contributed by atoms with Gasteiger partial charge in [0.15, 0.2) is 16.6 Å². The largest absolute Gasteiger partial charge is 0.497 e. The number of methoxy groups -OCH3 is 1. The summed E-state index contributed by atoms with van der Waals surface area (Å²) in [5.74, 6) is 0.869. The van der Waals surface area contributed by atoms with E-state index < -0.39 is 25.2 Å². The minimum absolute atomic E-state index is 0.869. The number of benzene rings is 1. The molecule has 0 atom stereocenters. The van der Waals surface area contributed by atoms with Gasteiger partial charge in [-0.25, -0.2) is 0 Å². The summed E-state index contributed by atoms with van der Waals surface area (Å²) in [5, 5.41) is 0. The van der Waals surface area contributed by atoms with E-state index >= 15 is 0 Å². The normalized spacial score (nSPS) is 13.6. The van der Waals surface area contributed by atoms with Gasteiger partial charge in [0.1, 0.15) is 5.75 Å². The van der Waals surface area contributed by atoms with E-state index in [9.17, 15) is 0 Å². The summed E-state index contributed by atoms with van der Waals surface area (Å²) in [4.78, 5) is 0. The lowest BCUT2D eigenvalue weighted by molar-refractivity contribution is 0.403. The molecule has 22 heavy (non-hydrogen) atoms. The quantitative estimate of drug-likeness (QED) is 0.643. The number of hydrogen-bond donors (Lipinski definition) is 0. The number of hydrogen-bond acceptors (Lipinski definition) is 3. The van der Waals surface area contributed by atoms with Gasteiger partial charge in [-0.1, -0.05) is 18.2 Å². The Balaban J connectivity index is 2.97. The minimum atomic E-state index is -2.31. The van der Waals surface area contributed by atoms with E-state index in [0.29, 0.717) is 0 Å². The van der Waals surface area contributed by atoms with Gasteiger partial charge in [0.2, 0.25) is 0 Å². The molecule has 0 fully saturated rings. The smallest absolute Gasteiger partial charge is 0.341 e. The Bertz CT molecular complexity index is 483. The highest BCUT2D eigenvalue weighted by atomic mass is 28.5. The van der Waals surface area contributed by atoms with Crippen molar-refractivity contribution < 1.29 is 13.0 Å². The molecule has 0 saturated carbocycles. The molecule has 0 spiro atoms. The monoisotopic (exact) mass is 354 g/mol. The summed E-state index contributed by atoms with van der Waals surface area (Å²) in [6, 6.07) is 8.04. The lowest BCUT2D eigenvalue weighted by Gasteiger charge is -2.36. The maximum absolute atomic E-state index is 6.45. The van der Waals surface area contributed by atoms with E-state index in [1.807, 2.05) is 24.3 Å². The molecule has 0 N–H and O–H groups in total. The van der Waals surface area contributed by atoms with E-state index in [1.54, 1.807) is 7.11 Å². The van der Waals surface area contributed by atoms with Gasteiger partial charge < -0.3 is 13.0 Å². The molecular weight excluding hydrogens is 324 g/mol. The van der Waals surface area contributed by atoms with E-state index in [2.05, 4.69) is 57.6 Å². The van der Waals surface area contributed by atoms with Crippen molar-refractivity contribution in [3.8, 4) is 5.75 Å². The van der Waals surface area contributed by atoms with Gasteiger partial charge >= 0.3 is 8.56 Å². The molecule has 0 unspecified atom stereocenters. The Kier molecular flexibility index (Phi) is 6.40. The van der Waals surface area contributed by atoms with Crippen LogP contribution in [-0.4, -0.2) is 32.3 Å². The van der Waals surface area contributed by atoms with Crippen molar-refractivity contribution in [2.45, 2.75) is 45.8 Å². The second-order valence-electron chi connectivity index (χ2n) is 7.55. The topological polar surface area (TPSA) is 27.7 Å². The van der Waals surface area contributed by atoms with Gasteiger partial charge in [0.25, 0.3) is 0 Å². The zero-order valence-corrected chi connectivity index (χ0v) is 18.2. The van der Waals surface area contributed by atoms with Crippen LogP contribution >= 0.6 is 0 Å². The average Bonchev–Trinajstić information content (AvgIpc) is 2.32. The number of rotatable bonds is 7. The Hall–Kier alpha value is -0.669. The maximum Gasteiger partial charge on any atom is 0.341 e. The molecule has 0 aliphatic carbocycles. The standard InChI is InChI=1S/C16H30O3Si3/c1-17-16-11-9-15(10-12-16)13-14-22(8,18-20(2,3)4)19-21(5,6)7/h9-14H,1-8H3/b14-13+. The predicted molar refractivity (Wildman–Crippen MR) is 103 cm³/mol. The second kappa shape index (κ2) is 7.27. The van der Waals surface area contributed by atoms with Crippen LogP contribution in [-0.2, 0) is 8.23 Å². The molecule has 0 aliphatic heterocycles. The molecule has 3 nitrogen and oxygen atoms in total. The molecule has 0 heterocycles. The van der Waals surface area contributed by atoms with Crippen molar-refractivity contribution in [1.82, 2.24) is 0 Å². The summed E-state index contributed by atoms with van der Waals surface area (Å²) in [7, 11) is -3.95. The van der Waals surface area contributed by atoms with Crippen molar-refractivity contribution >= 4 is 31.3 Å². The summed E-state index contributed by atoms with van der Waals surface area (Å²) in [6.07, 6.45) is 2.12. The molecule has 0 saturated heterocycles. The first-order chi connectivity index (χ1) is 9.92. The van der Waals surface area contributed by atoms with E-state index in [0.717, 1.165) is 11.3 Å². The van der Waals surface area contributed by atoms with Crippen molar-refractivity contribution in [3.05, 3.63) is 35.5 Å². The molecule has 1 rings (SSSR count). The molecule has 0 aliphatic rings. The van der Waals surface area contributed by atoms with Gasteiger partial charge in [-0.15, -0.1) is 0 Å². The highest BCUT2D eigenvalue weighted by Crippen LogP contribution is 2.23. The Morgan fingerprint density at radius 1 is 0.773 bits per heavy atom. The van der Waals surface area contributed by atoms with Crippen LogP contribution in [0.2, 0.25) is 45.8 Å². The highest BCUT2D eigenvalue weighted by Gasteiger charge is 2.38. The van der Waals surface area contributed by atoms with Crippen LogP contribution < -0.4 is 4.74 Å². The SMILES string of the molecule is COc1ccc(/C=C/[Si](C)(O[Si](C)(C)C)O[Si](C)(C)C)cc1. The van der Waals surface area contributed by atoms with Crippen LogP contribution in [0.5, 0.6) is 5.75 Å². The molecule has 124 valence electrons. The first kappa shape index (κ1) is 19.4. The summed E-state index contributed by atoms with van der Waals surface area (Å²) in [5.41, 5.74) is 3.31. The first-order valence-corrected chi connectivity index (χ1v) is 16.9. The molecule has 6 heteroatoms. The predicted octanol–water partition coefficient (Wildman–Crippen LogP) is 5.02. The zero-order valence-electron chi connectivity index (χ0n) is 15.2. The molecule has 0 aromatic heterocycles. The fourth-order valence-electron chi connectivity index (χ4n) is 2.27. The van der Waals surface area contributed by atoms with Crippen molar-refractivity contribution in [1.29, 1.82) is 0 Å². The second-order valence-corrected chi connectivity index (χ2v) is 20.0. The van der Waals surface area contributed by atoms with Crippen molar-refractivity contribution in [2.75, 3.05) is 7.11 Å². The molecule has 1 aromatic rings. The molecule has 0 bridgehead atoms.